The summed E-state index contributed by atoms with van der Waals surface area (Å²) in [7, 11) is 0. The number of rotatable bonds is 11. The zero-order valence-electron chi connectivity index (χ0n) is 15.5. The summed E-state index contributed by atoms with van der Waals surface area (Å²) in [6.45, 7) is 6.09. The van der Waals surface area contributed by atoms with E-state index in [-0.39, 0.29) is 31.4 Å². The normalized spacial score (nSPS) is 10.0. The molecule has 0 radical (unpaired) electrons. The number of aliphatic hydroxyl groups is 1. The maximum absolute atomic E-state index is 8.72. The third-order valence-corrected chi connectivity index (χ3v) is 4.34. The largest absolute Gasteiger partial charge is 0.489 e. The van der Waals surface area contributed by atoms with Gasteiger partial charge in [-0.2, -0.15) is 0 Å². The molecule has 0 aliphatic carbocycles. The number of aryl methyl sites for hydroxylation is 1. The summed E-state index contributed by atoms with van der Waals surface area (Å²) in [5.74, 6) is 0.912. The molecule has 152 valence electrons. The first kappa shape index (κ1) is 26.2. The molecule has 0 atom stereocenters. The van der Waals surface area contributed by atoms with Gasteiger partial charge in [-0.3, -0.25) is 0 Å². The fraction of sp³-hybridized carbons (Fsp3) is 0.400. The third kappa shape index (κ3) is 10.3. The van der Waals surface area contributed by atoms with Gasteiger partial charge in [-0.15, -0.1) is 24.8 Å². The molecule has 0 bridgehead atoms. The van der Waals surface area contributed by atoms with Gasteiger partial charge in [0.15, 0.2) is 0 Å². The van der Waals surface area contributed by atoms with Gasteiger partial charge in [0.05, 0.1) is 6.61 Å². The Morgan fingerprint density at radius 3 is 2.37 bits per heavy atom. The molecule has 0 saturated carbocycles. The van der Waals surface area contributed by atoms with Crippen LogP contribution in [0.2, 0.25) is 0 Å². The van der Waals surface area contributed by atoms with E-state index in [2.05, 4.69) is 63.8 Å². The average Bonchev–Trinajstić information content (AvgIpc) is 2.61. The van der Waals surface area contributed by atoms with Crippen LogP contribution in [0.1, 0.15) is 23.1 Å². The maximum Gasteiger partial charge on any atom is 0.124 e. The SMILES string of the molecule is Cc1ccc(COc2ccc(Br)cc2CNCCCNCCO)cc1.Cl.Cl. The summed E-state index contributed by atoms with van der Waals surface area (Å²) in [5, 5.41) is 15.3. The lowest BCUT2D eigenvalue weighted by Crippen LogP contribution is -2.24. The number of aliphatic hydroxyl groups excluding tert-OH is 1. The molecule has 2 rings (SSSR count). The van der Waals surface area contributed by atoms with Crippen LogP contribution >= 0.6 is 40.7 Å². The summed E-state index contributed by atoms with van der Waals surface area (Å²) in [5.41, 5.74) is 3.57. The monoisotopic (exact) mass is 478 g/mol. The van der Waals surface area contributed by atoms with Gasteiger partial charge < -0.3 is 20.5 Å². The van der Waals surface area contributed by atoms with E-state index >= 15 is 0 Å². The zero-order chi connectivity index (χ0) is 17.9. The average molecular weight is 480 g/mol. The Morgan fingerprint density at radius 2 is 1.67 bits per heavy atom. The van der Waals surface area contributed by atoms with E-state index in [9.17, 15) is 0 Å². The Kier molecular flexibility index (Phi) is 14.7. The molecule has 0 fully saturated rings. The van der Waals surface area contributed by atoms with E-state index in [0.29, 0.717) is 13.2 Å². The Hall–Kier alpha value is -0.820. The van der Waals surface area contributed by atoms with Crippen molar-refractivity contribution in [2.24, 2.45) is 0 Å². The Balaban J connectivity index is 0.00000338. The zero-order valence-corrected chi connectivity index (χ0v) is 18.8. The first-order valence-corrected chi connectivity index (χ1v) is 9.47. The van der Waals surface area contributed by atoms with Gasteiger partial charge in [0.25, 0.3) is 0 Å². The van der Waals surface area contributed by atoms with Gasteiger partial charge in [-0.25, -0.2) is 0 Å². The number of hydrogen-bond acceptors (Lipinski definition) is 4. The fourth-order valence-electron chi connectivity index (χ4n) is 2.44. The molecule has 0 spiro atoms. The van der Waals surface area contributed by atoms with Gasteiger partial charge in [-0.1, -0.05) is 45.8 Å². The van der Waals surface area contributed by atoms with Crippen molar-refractivity contribution in [1.82, 2.24) is 10.6 Å². The van der Waals surface area contributed by atoms with Crippen molar-refractivity contribution in [1.29, 1.82) is 0 Å². The van der Waals surface area contributed by atoms with Crippen LogP contribution in [0.4, 0.5) is 0 Å². The molecule has 0 saturated heterocycles. The highest BCUT2D eigenvalue weighted by Crippen LogP contribution is 2.24. The van der Waals surface area contributed by atoms with Gasteiger partial charge in [0, 0.05) is 23.1 Å². The van der Waals surface area contributed by atoms with E-state index in [1.54, 1.807) is 0 Å². The van der Waals surface area contributed by atoms with Gasteiger partial charge in [0.1, 0.15) is 12.4 Å². The molecule has 27 heavy (non-hydrogen) atoms. The van der Waals surface area contributed by atoms with Crippen molar-refractivity contribution in [3.63, 3.8) is 0 Å². The highest BCUT2D eigenvalue weighted by molar-refractivity contribution is 9.10. The molecule has 0 aliphatic rings. The van der Waals surface area contributed by atoms with Crippen LogP contribution in [-0.4, -0.2) is 31.3 Å². The predicted molar refractivity (Wildman–Crippen MR) is 120 cm³/mol. The molecule has 4 nitrogen and oxygen atoms in total. The molecule has 0 aromatic heterocycles. The van der Waals surface area contributed by atoms with E-state index < -0.39 is 0 Å². The second kappa shape index (κ2) is 15.1. The third-order valence-electron chi connectivity index (χ3n) is 3.85. The lowest BCUT2D eigenvalue weighted by molar-refractivity contribution is 0.292. The standard InChI is InChI=1S/C20H27BrN2O2.2ClH/c1-16-3-5-17(6-4-16)15-25-20-8-7-19(21)13-18(20)14-23-10-2-9-22-11-12-24;;/h3-8,13,22-24H,2,9-12,14-15H2,1H3;2*1H. The van der Waals surface area contributed by atoms with E-state index in [4.69, 9.17) is 9.84 Å². The van der Waals surface area contributed by atoms with Gasteiger partial charge in [0.2, 0.25) is 0 Å². The molecule has 0 aliphatic heterocycles. The quantitative estimate of drug-likeness (QED) is 0.422. The molecule has 7 heteroatoms. The van der Waals surface area contributed by atoms with Gasteiger partial charge in [-0.05, 0) is 50.2 Å². The molecular weight excluding hydrogens is 451 g/mol. The first-order valence-electron chi connectivity index (χ1n) is 8.68. The van der Waals surface area contributed by atoms with E-state index in [1.165, 1.54) is 11.1 Å². The maximum atomic E-state index is 8.72. The topological polar surface area (TPSA) is 53.5 Å². The second-order valence-electron chi connectivity index (χ2n) is 6.03. The lowest BCUT2D eigenvalue weighted by atomic mass is 10.1. The first-order chi connectivity index (χ1) is 12.2. The molecule has 3 N–H and O–H groups in total. The van der Waals surface area contributed by atoms with Crippen molar-refractivity contribution >= 4 is 40.7 Å². The summed E-state index contributed by atoms with van der Waals surface area (Å²) >= 11 is 3.53. The predicted octanol–water partition coefficient (Wildman–Crippen LogP) is 4.24. The minimum absolute atomic E-state index is 0. The molecule has 2 aromatic rings. The highest BCUT2D eigenvalue weighted by Gasteiger charge is 2.05. The summed E-state index contributed by atoms with van der Waals surface area (Å²) in [4.78, 5) is 0. The van der Waals surface area contributed by atoms with Crippen molar-refractivity contribution in [2.75, 3.05) is 26.2 Å². The Bertz CT molecular complexity index is 642. The Labute approximate surface area is 183 Å². The highest BCUT2D eigenvalue weighted by atomic mass is 79.9. The fourth-order valence-corrected chi connectivity index (χ4v) is 2.85. The second-order valence-corrected chi connectivity index (χ2v) is 6.95. The molecule has 0 heterocycles. The lowest BCUT2D eigenvalue weighted by Gasteiger charge is -2.13. The number of ether oxygens (including phenoxy) is 1. The van der Waals surface area contributed by atoms with E-state index in [0.717, 1.165) is 41.8 Å². The summed E-state index contributed by atoms with van der Waals surface area (Å²) < 4.78 is 7.08. The van der Waals surface area contributed by atoms with Crippen LogP contribution in [0, 0.1) is 6.92 Å². The number of benzene rings is 2. The number of halogens is 3. The molecule has 0 amide bonds. The van der Waals surface area contributed by atoms with Crippen LogP contribution < -0.4 is 15.4 Å². The Morgan fingerprint density at radius 1 is 0.963 bits per heavy atom. The molecule has 0 unspecified atom stereocenters. The van der Waals surface area contributed by atoms with Crippen molar-refractivity contribution in [3.8, 4) is 5.75 Å². The van der Waals surface area contributed by atoms with Crippen molar-refractivity contribution < 1.29 is 9.84 Å². The minimum Gasteiger partial charge on any atom is -0.489 e. The molecule has 2 aromatic carbocycles. The van der Waals surface area contributed by atoms with Crippen LogP contribution in [0.15, 0.2) is 46.9 Å². The van der Waals surface area contributed by atoms with Crippen LogP contribution in [-0.2, 0) is 13.2 Å². The van der Waals surface area contributed by atoms with Crippen molar-refractivity contribution in [3.05, 3.63) is 63.6 Å². The van der Waals surface area contributed by atoms with Crippen molar-refractivity contribution in [2.45, 2.75) is 26.5 Å². The molecular formula is C20H29BrCl2N2O2. The minimum atomic E-state index is 0. The summed E-state index contributed by atoms with van der Waals surface area (Å²) in [6.07, 6.45) is 1.02. The van der Waals surface area contributed by atoms with Gasteiger partial charge >= 0.3 is 0 Å². The number of nitrogens with one attached hydrogen (secondary N) is 2. The van der Waals surface area contributed by atoms with Crippen LogP contribution in [0.3, 0.4) is 0 Å². The van der Waals surface area contributed by atoms with Crippen LogP contribution in [0.5, 0.6) is 5.75 Å². The smallest absolute Gasteiger partial charge is 0.124 e. The van der Waals surface area contributed by atoms with Crippen LogP contribution in [0.25, 0.3) is 0 Å². The van der Waals surface area contributed by atoms with E-state index in [1.807, 2.05) is 12.1 Å². The summed E-state index contributed by atoms with van der Waals surface area (Å²) in [6, 6.07) is 14.5. The number of hydrogen-bond donors (Lipinski definition) is 3.